The fourth-order valence-corrected chi connectivity index (χ4v) is 4.77. The number of hydrogen-bond donors (Lipinski definition) is 0. The van der Waals surface area contributed by atoms with Gasteiger partial charge >= 0.3 is 0 Å². The molecule has 0 atom stereocenters. The van der Waals surface area contributed by atoms with Crippen LogP contribution in [0.25, 0.3) is 0 Å². The van der Waals surface area contributed by atoms with E-state index < -0.39 is 0 Å². The van der Waals surface area contributed by atoms with Crippen LogP contribution >= 0.6 is 35.0 Å². The number of halogens is 2. The van der Waals surface area contributed by atoms with Crippen molar-refractivity contribution in [2.24, 2.45) is 9.98 Å². The SMILES string of the molecule is CSC1=NC(=Nc2cccc(Cl)c2)C2(CCCC2)N1c1ccc(Cl)cc1. The van der Waals surface area contributed by atoms with Crippen molar-refractivity contribution in [3.8, 4) is 0 Å². The largest absolute Gasteiger partial charge is 0.307 e. The molecule has 0 saturated heterocycles. The summed E-state index contributed by atoms with van der Waals surface area (Å²) in [5, 5.41) is 2.41. The van der Waals surface area contributed by atoms with Gasteiger partial charge in [-0.25, -0.2) is 9.98 Å². The molecule has 2 aromatic carbocycles. The molecule has 6 heteroatoms. The molecular formula is C20H19Cl2N3S. The molecule has 1 spiro atoms. The first-order chi connectivity index (χ1) is 12.6. The number of amidine groups is 2. The summed E-state index contributed by atoms with van der Waals surface area (Å²) >= 11 is 13.9. The second-order valence-corrected chi connectivity index (χ2v) is 8.21. The summed E-state index contributed by atoms with van der Waals surface area (Å²) in [6.45, 7) is 0. The van der Waals surface area contributed by atoms with Crippen LogP contribution in [-0.4, -0.2) is 22.8 Å². The van der Waals surface area contributed by atoms with Gasteiger partial charge in [-0.1, -0.05) is 53.9 Å². The Balaban J connectivity index is 1.82. The predicted octanol–water partition coefficient (Wildman–Crippen LogP) is 6.58. The van der Waals surface area contributed by atoms with E-state index in [9.17, 15) is 0 Å². The van der Waals surface area contributed by atoms with Crippen molar-refractivity contribution in [1.29, 1.82) is 0 Å². The Kier molecular flexibility index (Phi) is 5.00. The third-order valence-electron chi connectivity index (χ3n) is 4.98. The fourth-order valence-electron chi connectivity index (χ4n) is 3.82. The van der Waals surface area contributed by atoms with E-state index in [1.165, 1.54) is 12.8 Å². The summed E-state index contributed by atoms with van der Waals surface area (Å²) < 4.78 is 0. The third kappa shape index (κ3) is 3.15. The molecule has 1 fully saturated rings. The predicted molar refractivity (Wildman–Crippen MR) is 115 cm³/mol. The molecule has 0 unspecified atom stereocenters. The zero-order valence-electron chi connectivity index (χ0n) is 14.5. The number of thioether (sulfide) groups is 1. The monoisotopic (exact) mass is 403 g/mol. The molecule has 1 heterocycles. The molecular weight excluding hydrogens is 385 g/mol. The van der Waals surface area contributed by atoms with Gasteiger partial charge in [-0.3, -0.25) is 0 Å². The highest BCUT2D eigenvalue weighted by Gasteiger charge is 2.50. The van der Waals surface area contributed by atoms with E-state index in [-0.39, 0.29) is 5.54 Å². The number of anilines is 1. The Morgan fingerprint density at radius 1 is 1.04 bits per heavy atom. The number of hydrogen-bond acceptors (Lipinski definition) is 3. The van der Waals surface area contributed by atoms with Gasteiger partial charge in [0.15, 0.2) is 11.0 Å². The Morgan fingerprint density at radius 2 is 1.77 bits per heavy atom. The first kappa shape index (κ1) is 17.9. The lowest BCUT2D eigenvalue weighted by Gasteiger charge is -2.36. The van der Waals surface area contributed by atoms with Crippen molar-refractivity contribution in [1.82, 2.24) is 0 Å². The zero-order chi connectivity index (χ0) is 18.1. The quantitative estimate of drug-likeness (QED) is 0.566. The van der Waals surface area contributed by atoms with Gasteiger partial charge < -0.3 is 4.90 Å². The molecule has 2 aromatic rings. The highest BCUT2D eigenvalue weighted by Crippen LogP contribution is 2.45. The van der Waals surface area contributed by atoms with E-state index in [0.717, 1.165) is 40.2 Å². The van der Waals surface area contributed by atoms with E-state index in [0.29, 0.717) is 5.02 Å². The van der Waals surface area contributed by atoms with Crippen LogP contribution < -0.4 is 4.90 Å². The van der Waals surface area contributed by atoms with E-state index in [1.807, 2.05) is 36.4 Å². The van der Waals surface area contributed by atoms with E-state index in [2.05, 4.69) is 23.3 Å². The Hall–Kier alpha value is -1.49. The van der Waals surface area contributed by atoms with Crippen LogP contribution in [0.1, 0.15) is 25.7 Å². The van der Waals surface area contributed by atoms with Gasteiger partial charge in [-0.15, -0.1) is 0 Å². The fraction of sp³-hybridized carbons (Fsp3) is 0.300. The van der Waals surface area contributed by atoms with Crippen molar-refractivity contribution in [3.63, 3.8) is 0 Å². The van der Waals surface area contributed by atoms with Gasteiger partial charge in [0, 0.05) is 15.7 Å². The van der Waals surface area contributed by atoms with E-state index >= 15 is 0 Å². The lowest BCUT2D eigenvalue weighted by Crippen LogP contribution is -2.49. The molecule has 0 radical (unpaired) electrons. The standard InChI is InChI=1S/C20H19Cl2N3S/c1-26-19-24-18(23-16-6-4-5-15(22)13-16)20(11-2-3-12-20)25(19)17-9-7-14(21)8-10-17/h4-10,13H,2-3,11-12H2,1H3. The van der Waals surface area contributed by atoms with Crippen LogP contribution in [0.4, 0.5) is 11.4 Å². The maximum atomic E-state index is 6.14. The minimum Gasteiger partial charge on any atom is -0.307 e. The molecule has 0 N–H and O–H groups in total. The van der Waals surface area contributed by atoms with Crippen molar-refractivity contribution < 1.29 is 0 Å². The van der Waals surface area contributed by atoms with Gasteiger partial charge in [0.1, 0.15) is 5.54 Å². The molecule has 4 rings (SSSR count). The second-order valence-electron chi connectivity index (χ2n) is 6.56. The lowest BCUT2D eigenvalue weighted by atomic mass is 9.94. The lowest BCUT2D eigenvalue weighted by molar-refractivity contribution is 0.592. The summed E-state index contributed by atoms with van der Waals surface area (Å²) in [5.74, 6) is 0.886. The van der Waals surface area contributed by atoms with Gasteiger partial charge in [0.05, 0.1) is 5.69 Å². The molecule has 0 bridgehead atoms. The van der Waals surface area contributed by atoms with Gasteiger partial charge in [-0.2, -0.15) is 0 Å². The van der Waals surface area contributed by atoms with Crippen LogP contribution in [0.2, 0.25) is 10.0 Å². The maximum absolute atomic E-state index is 6.14. The van der Waals surface area contributed by atoms with Crippen LogP contribution in [0.15, 0.2) is 58.5 Å². The van der Waals surface area contributed by atoms with Gasteiger partial charge in [0.2, 0.25) is 0 Å². The van der Waals surface area contributed by atoms with Gasteiger partial charge in [0.25, 0.3) is 0 Å². The number of rotatable bonds is 2. The average Bonchev–Trinajstić information content (AvgIpc) is 3.23. The third-order valence-corrected chi connectivity index (χ3v) is 6.10. The van der Waals surface area contributed by atoms with E-state index in [4.69, 9.17) is 33.2 Å². The molecule has 1 aliphatic carbocycles. The smallest absolute Gasteiger partial charge is 0.170 e. The highest BCUT2D eigenvalue weighted by molar-refractivity contribution is 8.13. The van der Waals surface area contributed by atoms with Crippen molar-refractivity contribution >= 4 is 57.3 Å². The van der Waals surface area contributed by atoms with Crippen molar-refractivity contribution in [2.75, 3.05) is 11.2 Å². The summed E-state index contributed by atoms with van der Waals surface area (Å²) in [5.41, 5.74) is 1.77. The van der Waals surface area contributed by atoms with Gasteiger partial charge in [-0.05, 0) is 61.6 Å². The number of benzene rings is 2. The first-order valence-electron chi connectivity index (χ1n) is 8.66. The average molecular weight is 404 g/mol. The number of nitrogens with zero attached hydrogens (tertiary/aromatic N) is 3. The van der Waals surface area contributed by atoms with Crippen LogP contribution in [0.3, 0.4) is 0 Å². The summed E-state index contributed by atoms with van der Waals surface area (Å²) in [7, 11) is 0. The van der Waals surface area contributed by atoms with Crippen LogP contribution in [-0.2, 0) is 0 Å². The molecule has 2 aliphatic rings. The Labute approximate surface area is 168 Å². The summed E-state index contributed by atoms with van der Waals surface area (Å²) in [4.78, 5) is 12.2. The van der Waals surface area contributed by atoms with Crippen LogP contribution in [0, 0.1) is 0 Å². The Bertz CT molecular complexity index is 871. The topological polar surface area (TPSA) is 28.0 Å². The molecule has 1 saturated carbocycles. The summed E-state index contributed by atoms with van der Waals surface area (Å²) in [6, 6.07) is 15.6. The molecule has 0 aromatic heterocycles. The maximum Gasteiger partial charge on any atom is 0.170 e. The molecule has 0 amide bonds. The minimum absolute atomic E-state index is 0.186. The minimum atomic E-state index is -0.186. The molecule has 1 aliphatic heterocycles. The van der Waals surface area contributed by atoms with Crippen molar-refractivity contribution in [3.05, 3.63) is 58.6 Å². The normalized spacial score (nSPS) is 20.2. The summed E-state index contributed by atoms with van der Waals surface area (Å²) in [6.07, 6.45) is 6.50. The number of aliphatic imine (C=N–C) groups is 2. The van der Waals surface area contributed by atoms with Crippen LogP contribution in [0.5, 0.6) is 0 Å². The highest BCUT2D eigenvalue weighted by atomic mass is 35.5. The van der Waals surface area contributed by atoms with E-state index in [1.54, 1.807) is 11.8 Å². The molecule has 26 heavy (non-hydrogen) atoms. The molecule has 3 nitrogen and oxygen atoms in total. The zero-order valence-corrected chi connectivity index (χ0v) is 16.8. The van der Waals surface area contributed by atoms with Crippen molar-refractivity contribution in [2.45, 2.75) is 31.2 Å². The second kappa shape index (κ2) is 7.26. The Morgan fingerprint density at radius 3 is 2.42 bits per heavy atom. The first-order valence-corrected chi connectivity index (χ1v) is 10.6. The molecule has 134 valence electrons.